The number of para-hydroxylation sites is 2. The molecule has 0 aliphatic carbocycles. The van der Waals surface area contributed by atoms with E-state index in [1.165, 1.54) is 0 Å². The maximum atomic E-state index is 12.0. The largest absolute Gasteiger partial charge is 0.356 e. The van der Waals surface area contributed by atoms with Crippen molar-refractivity contribution in [3.05, 3.63) is 56.9 Å². The number of carbonyl (C=O) groups is 1. The van der Waals surface area contributed by atoms with E-state index in [1.807, 2.05) is 23.6 Å². The molecule has 0 fully saturated rings. The molecule has 1 aromatic carbocycles. The number of nitrogens with zero attached hydrogens (tertiary/aromatic N) is 2. The first kappa shape index (κ1) is 15.4. The fourth-order valence-corrected chi connectivity index (χ4v) is 2.86. The van der Waals surface area contributed by atoms with Crippen molar-refractivity contribution >= 4 is 28.3 Å². The second kappa shape index (κ2) is 7.15. The Balaban J connectivity index is 1.54. The molecule has 3 aromatic rings. The van der Waals surface area contributed by atoms with Gasteiger partial charge in [-0.3, -0.25) is 9.59 Å². The van der Waals surface area contributed by atoms with E-state index in [1.54, 1.807) is 23.6 Å². The third kappa shape index (κ3) is 4.01. The van der Waals surface area contributed by atoms with Crippen LogP contribution in [0.1, 0.15) is 17.1 Å². The first-order chi connectivity index (χ1) is 11.2. The fraction of sp³-hybridized carbons (Fsp3) is 0.250. The molecule has 3 rings (SSSR count). The van der Waals surface area contributed by atoms with Crippen molar-refractivity contribution in [1.82, 2.24) is 20.3 Å². The summed E-state index contributed by atoms with van der Waals surface area (Å²) in [6.07, 6.45) is 3.03. The average molecular weight is 328 g/mol. The molecule has 0 atom stereocenters. The summed E-state index contributed by atoms with van der Waals surface area (Å²) >= 11 is 1.57. The van der Waals surface area contributed by atoms with Crippen molar-refractivity contribution in [2.75, 3.05) is 6.54 Å². The minimum atomic E-state index is -0.237. The van der Waals surface area contributed by atoms with Gasteiger partial charge < -0.3 is 10.3 Å². The fourth-order valence-electron chi connectivity index (χ4n) is 2.24. The molecule has 0 saturated carbocycles. The molecule has 0 spiro atoms. The molecule has 0 bridgehead atoms. The number of H-pyrrole nitrogens is 1. The lowest BCUT2D eigenvalue weighted by atomic mass is 10.2. The van der Waals surface area contributed by atoms with Gasteiger partial charge in [0.05, 0.1) is 16.0 Å². The van der Waals surface area contributed by atoms with Gasteiger partial charge in [-0.25, -0.2) is 9.97 Å². The number of rotatable bonds is 6. The van der Waals surface area contributed by atoms with Crippen LogP contribution in [0.5, 0.6) is 0 Å². The zero-order valence-electron chi connectivity index (χ0n) is 12.4. The topological polar surface area (TPSA) is 87.7 Å². The van der Waals surface area contributed by atoms with Gasteiger partial charge in [0, 0.05) is 37.4 Å². The summed E-state index contributed by atoms with van der Waals surface area (Å²) < 4.78 is 0. The van der Waals surface area contributed by atoms with E-state index in [-0.39, 0.29) is 17.9 Å². The Morgan fingerprint density at radius 3 is 2.96 bits per heavy atom. The van der Waals surface area contributed by atoms with E-state index in [0.29, 0.717) is 24.2 Å². The van der Waals surface area contributed by atoms with Crippen LogP contribution in [0, 0.1) is 0 Å². The van der Waals surface area contributed by atoms with Gasteiger partial charge in [-0.2, -0.15) is 0 Å². The van der Waals surface area contributed by atoms with E-state index in [9.17, 15) is 9.59 Å². The van der Waals surface area contributed by atoms with Gasteiger partial charge in [-0.1, -0.05) is 12.1 Å². The maximum absolute atomic E-state index is 12.0. The summed E-state index contributed by atoms with van der Waals surface area (Å²) in [5, 5.41) is 5.75. The molecule has 2 heterocycles. The highest BCUT2D eigenvalue weighted by atomic mass is 32.1. The zero-order chi connectivity index (χ0) is 16.1. The second-order valence-corrected chi connectivity index (χ2v) is 6.03. The highest BCUT2D eigenvalue weighted by Gasteiger charge is 2.08. The normalized spacial score (nSPS) is 10.8. The minimum Gasteiger partial charge on any atom is -0.356 e. The van der Waals surface area contributed by atoms with Crippen molar-refractivity contribution in [2.45, 2.75) is 19.3 Å². The second-order valence-electron chi connectivity index (χ2n) is 5.06. The summed E-state index contributed by atoms with van der Waals surface area (Å²) in [5.41, 5.74) is 1.58. The number of aromatic nitrogens is 3. The van der Waals surface area contributed by atoms with Gasteiger partial charge in [0.15, 0.2) is 0 Å². The summed E-state index contributed by atoms with van der Waals surface area (Å²) in [4.78, 5) is 35.1. The van der Waals surface area contributed by atoms with E-state index in [2.05, 4.69) is 20.3 Å². The highest BCUT2D eigenvalue weighted by Crippen LogP contribution is 2.07. The van der Waals surface area contributed by atoms with Gasteiger partial charge in [0.25, 0.3) is 5.56 Å². The summed E-state index contributed by atoms with van der Waals surface area (Å²) in [6.45, 7) is 0.549. The molecule has 2 aromatic heterocycles. The number of hydrogen-bond donors (Lipinski definition) is 2. The zero-order valence-corrected chi connectivity index (χ0v) is 13.2. The van der Waals surface area contributed by atoms with Crippen LogP contribution in [0.2, 0.25) is 0 Å². The van der Waals surface area contributed by atoms with E-state index >= 15 is 0 Å². The van der Waals surface area contributed by atoms with Crippen LogP contribution in [0.15, 0.2) is 40.6 Å². The molecule has 2 N–H and O–H groups in total. The van der Waals surface area contributed by atoms with Crippen LogP contribution >= 0.6 is 11.3 Å². The Bertz CT molecular complexity index is 858. The number of aryl methyl sites for hydroxylation is 1. The number of fused-ring (bicyclic) bond motifs is 1. The van der Waals surface area contributed by atoms with Crippen molar-refractivity contribution in [2.24, 2.45) is 0 Å². The van der Waals surface area contributed by atoms with Gasteiger partial charge in [-0.05, 0) is 12.1 Å². The van der Waals surface area contributed by atoms with Crippen LogP contribution in [-0.4, -0.2) is 27.4 Å². The van der Waals surface area contributed by atoms with Crippen molar-refractivity contribution < 1.29 is 4.79 Å². The first-order valence-electron chi connectivity index (χ1n) is 7.35. The Morgan fingerprint density at radius 1 is 1.26 bits per heavy atom. The number of carbonyl (C=O) groups excluding carboxylic acids is 1. The van der Waals surface area contributed by atoms with Crippen LogP contribution in [0.4, 0.5) is 0 Å². The van der Waals surface area contributed by atoms with Crippen LogP contribution in [0.3, 0.4) is 0 Å². The van der Waals surface area contributed by atoms with E-state index < -0.39 is 0 Å². The molecule has 0 aliphatic rings. The molecule has 0 aliphatic heterocycles. The molecule has 7 heteroatoms. The van der Waals surface area contributed by atoms with Crippen molar-refractivity contribution in [3.63, 3.8) is 0 Å². The van der Waals surface area contributed by atoms with E-state index in [4.69, 9.17) is 0 Å². The summed E-state index contributed by atoms with van der Waals surface area (Å²) in [5.74, 6) is -0.0871. The highest BCUT2D eigenvalue weighted by molar-refractivity contribution is 7.09. The molecule has 1 amide bonds. The van der Waals surface area contributed by atoms with Gasteiger partial charge in [0.1, 0.15) is 5.69 Å². The smallest absolute Gasteiger partial charge is 0.270 e. The number of hydrogen-bond acceptors (Lipinski definition) is 5. The molecule has 6 nitrogen and oxygen atoms in total. The Hall–Kier alpha value is -2.54. The third-order valence-electron chi connectivity index (χ3n) is 3.40. The number of nitrogens with one attached hydrogen (secondary N) is 2. The standard InChI is InChI=1S/C16H16N4O2S/c21-14(17-8-7-15-18-9-10-23-15)6-5-13-16(22)20-12-4-2-1-3-11(12)19-13/h1-4,9-10H,5-8H2,(H,17,21)(H,20,22). The summed E-state index contributed by atoms with van der Waals surface area (Å²) in [6, 6.07) is 7.35. The number of amides is 1. The Kier molecular flexibility index (Phi) is 4.77. The average Bonchev–Trinajstić information content (AvgIpc) is 3.06. The van der Waals surface area contributed by atoms with Crippen LogP contribution < -0.4 is 10.9 Å². The van der Waals surface area contributed by atoms with Gasteiger partial charge >= 0.3 is 0 Å². The molecular weight excluding hydrogens is 312 g/mol. The van der Waals surface area contributed by atoms with Crippen molar-refractivity contribution in [1.29, 1.82) is 0 Å². The Labute approximate surface area is 136 Å². The number of thiazole rings is 1. The lowest BCUT2D eigenvalue weighted by Gasteiger charge is -2.04. The lowest BCUT2D eigenvalue weighted by molar-refractivity contribution is -0.121. The lowest BCUT2D eigenvalue weighted by Crippen LogP contribution is -2.27. The van der Waals surface area contributed by atoms with Crippen LogP contribution in [-0.2, 0) is 17.6 Å². The molecule has 0 unspecified atom stereocenters. The maximum Gasteiger partial charge on any atom is 0.270 e. The van der Waals surface area contributed by atoms with Crippen molar-refractivity contribution in [3.8, 4) is 0 Å². The molecule has 23 heavy (non-hydrogen) atoms. The number of aromatic amines is 1. The number of benzene rings is 1. The first-order valence-corrected chi connectivity index (χ1v) is 8.23. The van der Waals surface area contributed by atoms with E-state index in [0.717, 1.165) is 16.9 Å². The predicted molar refractivity (Wildman–Crippen MR) is 89.5 cm³/mol. The Morgan fingerprint density at radius 2 is 2.13 bits per heavy atom. The monoisotopic (exact) mass is 328 g/mol. The van der Waals surface area contributed by atoms with Crippen LogP contribution in [0.25, 0.3) is 11.0 Å². The summed E-state index contributed by atoms with van der Waals surface area (Å²) in [7, 11) is 0. The van der Waals surface area contributed by atoms with Gasteiger partial charge in [-0.15, -0.1) is 11.3 Å². The van der Waals surface area contributed by atoms with Gasteiger partial charge in [0.2, 0.25) is 5.91 Å². The minimum absolute atomic E-state index is 0.0871. The quantitative estimate of drug-likeness (QED) is 0.720. The SMILES string of the molecule is O=C(CCc1nc2ccccc2[nH]c1=O)NCCc1nccs1. The third-order valence-corrected chi connectivity index (χ3v) is 4.24. The molecule has 0 saturated heterocycles. The molecule has 0 radical (unpaired) electrons. The molecule has 118 valence electrons. The predicted octanol–water partition coefficient (Wildman–Crippen LogP) is 1.67. The molecular formula is C16H16N4O2S.